The molecule has 0 bridgehead atoms. The van der Waals surface area contributed by atoms with E-state index in [0.29, 0.717) is 11.7 Å². The predicted octanol–water partition coefficient (Wildman–Crippen LogP) is 1.84. The maximum absolute atomic E-state index is 13.3. The fourth-order valence-electron chi connectivity index (χ4n) is 2.11. The third-order valence-electron chi connectivity index (χ3n) is 3.27. The van der Waals surface area contributed by atoms with Crippen LogP contribution in [0.2, 0.25) is 0 Å². The minimum atomic E-state index is -0.289. The van der Waals surface area contributed by atoms with Gasteiger partial charge >= 0.3 is 5.69 Å². The number of nitrogens with zero attached hydrogens (tertiary/aromatic N) is 2. The summed E-state index contributed by atoms with van der Waals surface area (Å²) in [4.78, 5) is 11.7. The third kappa shape index (κ3) is 2.64. The molecule has 0 amide bonds. The van der Waals surface area contributed by atoms with E-state index in [0.717, 1.165) is 18.4 Å². The van der Waals surface area contributed by atoms with Gasteiger partial charge in [-0.2, -0.15) is 0 Å². The van der Waals surface area contributed by atoms with Crippen molar-refractivity contribution in [2.75, 3.05) is 6.54 Å². The van der Waals surface area contributed by atoms with Crippen molar-refractivity contribution in [2.24, 2.45) is 5.73 Å². The van der Waals surface area contributed by atoms with Crippen molar-refractivity contribution in [1.29, 1.82) is 0 Å². The van der Waals surface area contributed by atoms with Crippen LogP contribution in [0.4, 0.5) is 4.39 Å². The van der Waals surface area contributed by atoms with Gasteiger partial charge in [-0.15, -0.1) is 5.10 Å². The van der Waals surface area contributed by atoms with Gasteiger partial charge in [-0.25, -0.2) is 14.3 Å². The molecule has 3 N–H and O–H groups in total. The van der Waals surface area contributed by atoms with E-state index in [-0.39, 0.29) is 22.8 Å². The maximum Gasteiger partial charge on any atom is 0.344 e. The van der Waals surface area contributed by atoms with E-state index in [1.165, 1.54) is 23.9 Å². The summed E-state index contributed by atoms with van der Waals surface area (Å²) in [7, 11) is 0. The van der Waals surface area contributed by atoms with Gasteiger partial charge in [0, 0.05) is 17.8 Å². The zero-order valence-electron chi connectivity index (χ0n) is 10.8. The average molecular weight is 294 g/mol. The van der Waals surface area contributed by atoms with E-state index in [1.807, 2.05) is 6.07 Å². The lowest BCUT2D eigenvalue weighted by atomic mass is 10.1. The second-order valence-corrected chi connectivity index (χ2v) is 5.98. The molecule has 1 unspecified atom stereocenters. The van der Waals surface area contributed by atoms with Gasteiger partial charge in [0.1, 0.15) is 5.82 Å². The standard InChI is InChI=1S/C13H15FN4OS/c14-9-3-1-2-8(6-9)11(7-15)20-13-17-16-12(19)18(13)10-4-5-10/h1-3,6,10-11H,4-5,7,15H2,(H,16,19). The van der Waals surface area contributed by atoms with Crippen molar-refractivity contribution >= 4 is 11.8 Å². The second-order valence-electron chi connectivity index (χ2n) is 4.81. The molecule has 1 aliphatic rings. The average Bonchev–Trinajstić information content (AvgIpc) is 3.20. The van der Waals surface area contributed by atoms with Crippen LogP contribution in [0.25, 0.3) is 0 Å². The molecule has 0 aliphatic heterocycles. The number of thioether (sulfide) groups is 1. The number of nitrogens with one attached hydrogen (secondary N) is 1. The summed E-state index contributed by atoms with van der Waals surface area (Å²) >= 11 is 1.40. The summed E-state index contributed by atoms with van der Waals surface area (Å²) in [6.45, 7) is 0.347. The number of aromatic amines is 1. The minimum Gasteiger partial charge on any atom is -0.329 e. The van der Waals surface area contributed by atoms with Crippen LogP contribution in [0.1, 0.15) is 29.7 Å². The molecule has 1 aromatic carbocycles. The number of H-pyrrole nitrogens is 1. The monoisotopic (exact) mass is 294 g/mol. The van der Waals surface area contributed by atoms with Crippen molar-refractivity contribution in [3.8, 4) is 0 Å². The van der Waals surface area contributed by atoms with Gasteiger partial charge in [-0.1, -0.05) is 23.9 Å². The normalized spacial score (nSPS) is 16.3. The fourth-order valence-corrected chi connectivity index (χ4v) is 3.19. The van der Waals surface area contributed by atoms with Gasteiger partial charge in [0.2, 0.25) is 0 Å². The highest BCUT2D eigenvalue weighted by Crippen LogP contribution is 2.39. The van der Waals surface area contributed by atoms with Crippen LogP contribution in [-0.4, -0.2) is 21.3 Å². The summed E-state index contributed by atoms with van der Waals surface area (Å²) in [5.41, 5.74) is 6.39. The molecule has 5 nitrogen and oxygen atoms in total. The van der Waals surface area contributed by atoms with E-state index in [9.17, 15) is 9.18 Å². The largest absolute Gasteiger partial charge is 0.344 e. The van der Waals surface area contributed by atoms with E-state index in [2.05, 4.69) is 10.2 Å². The van der Waals surface area contributed by atoms with Crippen LogP contribution in [0, 0.1) is 5.82 Å². The van der Waals surface area contributed by atoms with Gasteiger partial charge < -0.3 is 5.73 Å². The van der Waals surface area contributed by atoms with Crippen LogP contribution in [0.5, 0.6) is 0 Å². The Morgan fingerprint density at radius 1 is 1.55 bits per heavy atom. The molecule has 0 spiro atoms. The lowest BCUT2D eigenvalue weighted by Crippen LogP contribution is -2.17. The smallest absolute Gasteiger partial charge is 0.329 e. The molecule has 1 aliphatic carbocycles. The van der Waals surface area contributed by atoms with Crippen molar-refractivity contribution in [3.63, 3.8) is 0 Å². The molecule has 106 valence electrons. The molecule has 1 heterocycles. The Bertz CT molecular complexity index is 664. The van der Waals surface area contributed by atoms with Gasteiger partial charge in [-0.3, -0.25) is 4.57 Å². The SMILES string of the molecule is NCC(Sc1n[nH]c(=O)n1C1CC1)c1cccc(F)c1. The first kappa shape index (κ1) is 13.4. The van der Waals surface area contributed by atoms with Crippen molar-refractivity contribution in [3.05, 3.63) is 46.1 Å². The molecule has 7 heteroatoms. The fraction of sp³-hybridized carbons (Fsp3) is 0.385. The summed E-state index contributed by atoms with van der Waals surface area (Å²) < 4.78 is 15.0. The van der Waals surface area contributed by atoms with Gasteiger partial charge in [0.15, 0.2) is 5.16 Å². The Labute approximate surface area is 119 Å². The second kappa shape index (κ2) is 5.41. The van der Waals surface area contributed by atoms with Crippen LogP contribution in [-0.2, 0) is 0 Å². The number of halogens is 1. The molecule has 1 atom stereocenters. The summed E-state index contributed by atoms with van der Waals surface area (Å²) in [5.74, 6) is -0.289. The van der Waals surface area contributed by atoms with Crippen LogP contribution >= 0.6 is 11.8 Å². The van der Waals surface area contributed by atoms with Gasteiger partial charge in [0.25, 0.3) is 0 Å². The van der Waals surface area contributed by atoms with Crippen molar-refractivity contribution in [2.45, 2.75) is 29.3 Å². The highest BCUT2D eigenvalue weighted by atomic mass is 32.2. The molecule has 2 aromatic rings. The zero-order chi connectivity index (χ0) is 14.1. The first-order valence-corrected chi connectivity index (χ1v) is 7.36. The van der Waals surface area contributed by atoms with Crippen molar-refractivity contribution in [1.82, 2.24) is 14.8 Å². The lowest BCUT2D eigenvalue weighted by molar-refractivity contribution is 0.624. The summed E-state index contributed by atoms with van der Waals surface area (Å²) in [6, 6.07) is 6.61. The molecule has 1 aromatic heterocycles. The molecule has 20 heavy (non-hydrogen) atoms. The molecule has 1 fully saturated rings. The van der Waals surface area contributed by atoms with Crippen LogP contribution in [0.3, 0.4) is 0 Å². The highest BCUT2D eigenvalue weighted by Gasteiger charge is 2.29. The highest BCUT2D eigenvalue weighted by molar-refractivity contribution is 7.99. The Hall–Kier alpha value is -1.60. The maximum atomic E-state index is 13.3. The molecule has 0 radical (unpaired) electrons. The molecular weight excluding hydrogens is 279 g/mol. The summed E-state index contributed by atoms with van der Waals surface area (Å²) in [5, 5.41) is 7.02. The minimum absolute atomic E-state index is 0.126. The Kier molecular flexibility index (Phi) is 3.62. The molecule has 3 rings (SSSR count). The number of aromatic nitrogens is 3. The molecular formula is C13H15FN4OS. The van der Waals surface area contributed by atoms with E-state index in [4.69, 9.17) is 5.73 Å². The molecule has 1 saturated carbocycles. The van der Waals surface area contributed by atoms with E-state index < -0.39 is 0 Å². The number of hydrogen-bond donors (Lipinski definition) is 2. The Morgan fingerprint density at radius 2 is 2.35 bits per heavy atom. The van der Waals surface area contributed by atoms with Crippen LogP contribution < -0.4 is 11.4 Å². The predicted molar refractivity (Wildman–Crippen MR) is 75.2 cm³/mol. The quantitative estimate of drug-likeness (QED) is 0.825. The first-order chi connectivity index (χ1) is 9.69. The number of benzene rings is 1. The third-order valence-corrected chi connectivity index (χ3v) is 4.51. The summed E-state index contributed by atoms with van der Waals surface area (Å²) in [6.07, 6.45) is 2.00. The zero-order valence-corrected chi connectivity index (χ0v) is 11.6. The van der Waals surface area contributed by atoms with E-state index in [1.54, 1.807) is 10.6 Å². The van der Waals surface area contributed by atoms with Crippen LogP contribution in [0.15, 0.2) is 34.2 Å². The van der Waals surface area contributed by atoms with Gasteiger partial charge in [0.05, 0.1) is 0 Å². The lowest BCUT2D eigenvalue weighted by Gasteiger charge is -2.14. The number of rotatable bonds is 5. The molecule has 0 saturated heterocycles. The Balaban J connectivity index is 1.87. The number of hydrogen-bond acceptors (Lipinski definition) is 4. The topological polar surface area (TPSA) is 76.7 Å². The van der Waals surface area contributed by atoms with E-state index >= 15 is 0 Å². The first-order valence-electron chi connectivity index (χ1n) is 6.48. The van der Waals surface area contributed by atoms with Crippen molar-refractivity contribution < 1.29 is 4.39 Å². The Morgan fingerprint density at radius 3 is 3.00 bits per heavy atom. The van der Waals surface area contributed by atoms with Gasteiger partial charge in [-0.05, 0) is 30.5 Å². The number of nitrogens with two attached hydrogens (primary N) is 1.